The number of carbonyl (C=O) groups is 1. The van der Waals surface area contributed by atoms with Crippen LogP contribution in [-0.2, 0) is 28.3 Å². The minimum Gasteiger partial charge on any atom is -0.326 e. The molecule has 2 aromatic carbocycles. The number of hydrogen-bond acceptors (Lipinski definition) is 5. The lowest BCUT2D eigenvalue weighted by Crippen LogP contribution is -2.40. The lowest BCUT2D eigenvalue weighted by atomic mass is 10.1. The van der Waals surface area contributed by atoms with Gasteiger partial charge in [-0.3, -0.25) is 9.59 Å². The standard InChI is InChI=1S/C21H24N4O4S/c1-21(2,3)24-30(28,29)15-9-7-8-14(12-15)22-19(26)13-18-16-10-5-6-11-17(16)20(27)25(4)23-18/h5-12,24H,13H2,1-4H3,(H,22,26). The van der Waals surface area contributed by atoms with Crippen molar-refractivity contribution in [1.82, 2.24) is 14.5 Å². The minimum atomic E-state index is -3.73. The highest BCUT2D eigenvalue weighted by Crippen LogP contribution is 2.19. The Morgan fingerprint density at radius 2 is 1.73 bits per heavy atom. The molecule has 0 unspecified atom stereocenters. The van der Waals surface area contributed by atoms with Crippen molar-refractivity contribution in [2.75, 3.05) is 5.32 Å². The van der Waals surface area contributed by atoms with E-state index < -0.39 is 15.6 Å². The number of hydrogen-bond donors (Lipinski definition) is 2. The van der Waals surface area contributed by atoms with E-state index >= 15 is 0 Å². The summed E-state index contributed by atoms with van der Waals surface area (Å²) >= 11 is 0. The van der Waals surface area contributed by atoms with Crippen molar-refractivity contribution in [3.8, 4) is 0 Å². The van der Waals surface area contributed by atoms with Gasteiger partial charge in [-0.05, 0) is 45.0 Å². The maximum Gasteiger partial charge on any atom is 0.274 e. The molecule has 0 saturated heterocycles. The van der Waals surface area contributed by atoms with Gasteiger partial charge >= 0.3 is 0 Å². The van der Waals surface area contributed by atoms with Gasteiger partial charge in [0.25, 0.3) is 5.56 Å². The van der Waals surface area contributed by atoms with E-state index in [-0.39, 0.29) is 22.8 Å². The van der Waals surface area contributed by atoms with Gasteiger partial charge in [0, 0.05) is 23.7 Å². The molecule has 0 bridgehead atoms. The first-order valence-corrected chi connectivity index (χ1v) is 10.8. The summed E-state index contributed by atoms with van der Waals surface area (Å²) in [5.74, 6) is -0.371. The third-order valence-corrected chi connectivity index (χ3v) is 5.99. The molecule has 9 heteroatoms. The number of nitrogens with one attached hydrogen (secondary N) is 2. The van der Waals surface area contributed by atoms with Crippen LogP contribution in [0.15, 0.2) is 58.2 Å². The van der Waals surface area contributed by atoms with E-state index in [1.54, 1.807) is 57.2 Å². The van der Waals surface area contributed by atoms with Crippen LogP contribution in [0.4, 0.5) is 5.69 Å². The fourth-order valence-corrected chi connectivity index (χ4v) is 4.53. The Morgan fingerprint density at radius 1 is 1.07 bits per heavy atom. The first-order valence-electron chi connectivity index (χ1n) is 9.35. The lowest BCUT2D eigenvalue weighted by Gasteiger charge is -2.20. The Bertz CT molecular complexity index is 1270. The number of rotatable bonds is 5. The number of aryl methyl sites for hydroxylation is 1. The Balaban J connectivity index is 1.84. The zero-order valence-corrected chi connectivity index (χ0v) is 18.1. The van der Waals surface area contributed by atoms with Gasteiger partial charge in [0.1, 0.15) is 0 Å². The topological polar surface area (TPSA) is 110 Å². The molecular formula is C21H24N4O4S. The molecule has 0 fully saturated rings. The van der Waals surface area contributed by atoms with E-state index in [1.165, 1.54) is 23.9 Å². The highest BCUT2D eigenvalue weighted by atomic mass is 32.2. The number of benzene rings is 2. The van der Waals surface area contributed by atoms with Crippen molar-refractivity contribution < 1.29 is 13.2 Å². The monoisotopic (exact) mass is 428 g/mol. The molecule has 0 radical (unpaired) electrons. The number of amides is 1. The van der Waals surface area contributed by atoms with Crippen LogP contribution in [-0.4, -0.2) is 29.6 Å². The van der Waals surface area contributed by atoms with E-state index in [1.807, 2.05) is 0 Å². The van der Waals surface area contributed by atoms with Crippen molar-refractivity contribution in [3.63, 3.8) is 0 Å². The third-order valence-electron chi connectivity index (χ3n) is 4.23. The molecular weight excluding hydrogens is 404 g/mol. The second-order valence-electron chi connectivity index (χ2n) is 8.03. The van der Waals surface area contributed by atoms with Crippen LogP contribution in [0.1, 0.15) is 26.5 Å². The van der Waals surface area contributed by atoms with Crippen LogP contribution in [0.3, 0.4) is 0 Å². The van der Waals surface area contributed by atoms with Gasteiger partial charge in [0.05, 0.1) is 22.4 Å². The molecule has 8 nitrogen and oxygen atoms in total. The van der Waals surface area contributed by atoms with Gasteiger partial charge in [-0.1, -0.05) is 24.3 Å². The molecule has 158 valence electrons. The fraction of sp³-hybridized carbons (Fsp3) is 0.286. The molecule has 3 aromatic rings. The third kappa shape index (κ3) is 4.92. The molecule has 0 saturated carbocycles. The summed E-state index contributed by atoms with van der Waals surface area (Å²) in [5.41, 5.74) is -0.0538. The Kier molecular flexibility index (Phi) is 5.78. The largest absolute Gasteiger partial charge is 0.326 e. The number of fused-ring (bicyclic) bond motifs is 1. The Labute approximate surface area is 175 Å². The van der Waals surface area contributed by atoms with Crippen molar-refractivity contribution in [2.24, 2.45) is 7.05 Å². The summed E-state index contributed by atoms with van der Waals surface area (Å²) in [6.45, 7) is 5.25. The van der Waals surface area contributed by atoms with Crippen LogP contribution in [0, 0.1) is 0 Å². The first kappa shape index (κ1) is 21.7. The van der Waals surface area contributed by atoms with E-state index in [0.717, 1.165) is 0 Å². The van der Waals surface area contributed by atoms with Gasteiger partial charge in [0.2, 0.25) is 15.9 Å². The van der Waals surface area contributed by atoms with Crippen LogP contribution in [0.2, 0.25) is 0 Å². The summed E-state index contributed by atoms with van der Waals surface area (Å²) in [4.78, 5) is 24.9. The summed E-state index contributed by atoms with van der Waals surface area (Å²) in [6, 6.07) is 13.0. The molecule has 0 spiro atoms. The zero-order chi connectivity index (χ0) is 22.1. The predicted molar refractivity (Wildman–Crippen MR) is 116 cm³/mol. The number of carbonyl (C=O) groups excluding carboxylic acids is 1. The SMILES string of the molecule is Cn1nc(CC(=O)Nc2cccc(S(=O)(=O)NC(C)(C)C)c2)c2ccccc2c1=O. The molecule has 0 aliphatic heterocycles. The Hall–Kier alpha value is -3.04. The molecule has 1 aromatic heterocycles. The molecule has 1 heterocycles. The molecule has 2 N–H and O–H groups in total. The number of aromatic nitrogens is 2. The van der Waals surface area contributed by atoms with Gasteiger partial charge in [-0.25, -0.2) is 17.8 Å². The molecule has 1 amide bonds. The quantitative estimate of drug-likeness (QED) is 0.647. The summed E-state index contributed by atoms with van der Waals surface area (Å²) in [5, 5.41) is 8.02. The van der Waals surface area contributed by atoms with Gasteiger partial charge < -0.3 is 5.32 Å². The van der Waals surface area contributed by atoms with Gasteiger partial charge in [-0.2, -0.15) is 5.10 Å². The van der Waals surface area contributed by atoms with Gasteiger partial charge in [-0.15, -0.1) is 0 Å². The van der Waals surface area contributed by atoms with Crippen LogP contribution in [0.5, 0.6) is 0 Å². The predicted octanol–water partition coefficient (Wildman–Crippen LogP) is 2.19. The van der Waals surface area contributed by atoms with E-state index in [2.05, 4.69) is 15.1 Å². The fourth-order valence-electron chi connectivity index (χ4n) is 3.07. The second-order valence-corrected chi connectivity index (χ2v) is 9.71. The average Bonchev–Trinajstić information content (AvgIpc) is 2.64. The smallest absolute Gasteiger partial charge is 0.274 e. The van der Waals surface area contributed by atoms with Crippen molar-refractivity contribution in [2.45, 2.75) is 37.6 Å². The number of sulfonamides is 1. The van der Waals surface area contributed by atoms with Crippen molar-refractivity contribution in [3.05, 3.63) is 64.6 Å². The van der Waals surface area contributed by atoms with E-state index in [9.17, 15) is 18.0 Å². The van der Waals surface area contributed by atoms with Crippen molar-refractivity contribution in [1.29, 1.82) is 0 Å². The van der Waals surface area contributed by atoms with Gasteiger partial charge in [0.15, 0.2) is 0 Å². The Morgan fingerprint density at radius 3 is 2.40 bits per heavy atom. The summed E-state index contributed by atoms with van der Waals surface area (Å²) in [6.07, 6.45) is -0.0636. The van der Waals surface area contributed by atoms with E-state index in [0.29, 0.717) is 22.2 Å². The highest BCUT2D eigenvalue weighted by molar-refractivity contribution is 7.89. The molecule has 0 aliphatic rings. The normalized spacial score (nSPS) is 12.1. The molecule has 0 aliphatic carbocycles. The maximum atomic E-state index is 12.6. The molecule has 0 atom stereocenters. The van der Waals surface area contributed by atoms with Crippen LogP contribution in [0.25, 0.3) is 10.8 Å². The van der Waals surface area contributed by atoms with Crippen LogP contribution < -0.4 is 15.6 Å². The second kappa shape index (κ2) is 8.00. The summed E-state index contributed by atoms with van der Waals surface area (Å²) in [7, 11) is -2.19. The van der Waals surface area contributed by atoms with Crippen LogP contribution >= 0.6 is 0 Å². The number of nitrogens with zero attached hydrogens (tertiary/aromatic N) is 2. The highest BCUT2D eigenvalue weighted by Gasteiger charge is 2.22. The molecule has 30 heavy (non-hydrogen) atoms. The zero-order valence-electron chi connectivity index (χ0n) is 17.3. The first-order chi connectivity index (χ1) is 14.0. The molecule has 3 rings (SSSR count). The average molecular weight is 429 g/mol. The number of anilines is 1. The van der Waals surface area contributed by atoms with Crippen molar-refractivity contribution >= 4 is 32.4 Å². The maximum absolute atomic E-state index is 12.6. The minimum absolute atomic E-state index is 0.0564. The lowest BCUT2D eigenvalue weighted by molar-refractivity contribution is -0.115. The van der Waals surface area contributed by atoms with E-state index in [4.69, 9.17) is 0 Å². The summed E-state index contributed by atoms with van der Waals surface area (Å²) < 4.78 is 28.8.